The van der Waals surface area contributed by atoms with E-state index in [0.717, 1.165) is 10.9 Å². The summed E-state index contributed by atoms with van der Waals surface area (Å²) in [6, 6.07) is 3.74. The first-order valence-electron chi connectivity index (χ1n) is 7.84. The van der Waals surface area contributed by atoms with E-state index in [-0.39, 0.29) is 35.6 Å². The normalized spacial score (nSPS) is 15.1. The first-order valence-corrected chi connectivity index (χ1v) is 10.7. The van der Waals surface area contributed by atoms with E-state index in [4.69, 9.17) is 4.43 Å². The lowest BCUT2D eigenvalue weighted by Gasteiger charge is -2.36. The second kappa shape index (κ2) is 5.17. The highest BCUT2D eigenvalue weighted by molar-refractivity contribution is 6.74. The van der Waals surface area contributed by atoms with Crippen LogP contribution in [0, 0.1) is 5.82 Å². The molecule has 0 unspecified atom stereocenters. The van der Waals surface area contributed by atoms with Gasteiger partial charge in [0.05, 0.1) is 12.1 Å². The lowest BCUT2D eigenvalue weighted by atomic mass is 10.1. The standard InChI is InChI=1S/C17H23FN2O2Si/c1-17(2,3)23(4,5)22-10-12-8-11-6-7-20-9-13(21)19-15(14(12)18)16(11)20/h6-8H,9-10H2,1-5H3,(H,19,21). The maximum Gasteiger partial charge on any atom is 0.244 e. The average Bonchev–Trinajstić information content (AvgIpc) is 2.83. The number of anilines is 1. The molecule has 0 atom stereocenters. The molecule has 1 aliphatic heterocycles. The number of hydrogen-bond acceptors (Lipinski definition) is 2. The molecular formula is C17H23FN2O2Si. The van der Waals surface area contributed by atoms with Crippen LogP contribution in [0.3, 0.4) is 0 Å². The lowest BCUT2D eigenvalue weighted by molar-refractivity contribution is -0.116. The Morgan fingerprint density at radius 2 is 2.09 bits per heavy atom. The van der Waals surface area contributed by atoms with Crippen molar-refractivity contribution in [2.24, 2.45) is 0 Å². The fourth-order valence-electron chi connectivity index (χ4n) is 2.57. The molecule has 0 bridgehead atoms. The number of carbonyl (C=O) groups is 1. The highest BCUT2D eigenvalue weighted by Gasteiger charge is 2.37. The molecule has 124 valence electrons. The number of nitrogens with one attached hydrogen (secondary N) is 1. The zero-order valence-electron chi connectivity index (χ0n) is 14.3. The number of halogens is 1. The maximum absolute atomic E-state index is 14.8. The molecular weight excluding hydrogens is 311 g/mol. The minimum Gasteiger partial charge on any atom is -0.412 e. The van der Waals surface area contributed by atoms with Crippen LogP contribution in [0.25, 0.3) is 10.9 Å². The molecule has 2 aromatic rings. The summed E-state index contributed by atoms with van der Waals surface area (Å²) >= 11 is 0. The maximum atomic E-state index is 14.8. The van der Waals surface area contributed by atoms with Crippen molar-refractivity contribution in [1.82, 2.24) is 4.57 Å². The van der Waals surface area contributed by atoms with Crippen molar-refractivity contribution in [2.75, 3.05) is 5.32 Å². The average molecular weight is 334 g/mol. The molecule has 1 amide bonds. The van der Waals surface area contributed by atoms with Crippen molar-refractivity contribution in [3.63, 3.8) is 0 Å². The summed E-state index contributed by atoms with van der Waals surface area (Å²) < 4.78 is 22.8. The predicted molar refractivity (Wildman–Crippen MR) is 92.5 cm³/mol. The van der Waals surface area contributed by atoms with Gasteiger partial charge in [0.1, 0.15) is 12.2 Å². The van der Waals surface area contributed by atoms with Crippen molar-refractivity contribution >= 4 is 30.8 Å². The third-order valence-corrected chi connectivity index (χ3v) is 9.51. The van der Waals surface area contributed by atoms with E-state index in [0.29, 0.717) is 5.56 Å². The van der Waals surface area contributed by atoms with E-state index in [1.807, 2.05) is 18.3 Å². The van der Waals surface area contributed by atoms with Gasteiger partial charge in [0.25, 0.3) is 0 Å². The van der Waals surface area contributed by atoms with Gasteiger partial charge in [-0.1, -0.05) is 20.8 Å². The van der Waals surface area contributed by atoms with Crippen molar-refractivity contribution in [2.45, 2.75) is 52.1 Å². The SMILES string of the molecule is CC(C)(C)[Si](C)(C)OCc1cc2ccn3c2c(c1F)NC(=O)C3. The van der Waals surface area contributed by atoms with Crippen LogP contribution in [0.4, 0.5) is 10.1 Å². The Hall–Kier alpha value is -1.66. The van der Waals surface area contributed by atoms with Crippen molar-refractivity contribution in [1.29, 1.82) is 0 Å². The van der Waals surface area contributed by atoms with Crippen molar-refractivity contribution < 1.29 is 13.6 Å². The number of amides is 1. The topological polar surface area (TPSA) is 43.3 Å². The molecule has 0 fully saturated rings. The summed E-state index contributed by atoms with van der Waals surface area (Å²) in [6.07, 6.45) is 1.82. The van der Waals surface area contributed by atoms with Gasteiger partial charge in [-0.3, -0.25) is 4.79 Å². The van der Waals surface area contributed by atoms with Gasteiger partial charge in [-0.15, -0.1) is 0 Å². The van der Waals surface area contributed by atoms with E-state index in [9.17, 15) is 9.18 Å². The van der Waals surface area contributed by atoms with E-state index in [1.165, 1.54) is 0 Å². The fourth-order valence-corrected chi connectivity index (χ4v) is 3.52. The molecule has 0 radical (unpaired) electrons. The number of nitrogens with zero attached hydrogens (tertiary/aromatic N) is 1. The van der Waals surface area contributed by atoms with E-state index < -0.39 is 8.32 Å². The molecule has 0 saturated heterocycles. The van der Waals surface area contributed by atoms with Gasteiger partial charge >= 0.3 is 0 Å². The van der Waals surface area contributed by atoms with Gasteiger partial charge in [0, 0.05) is 17.1 Å². The predicted octanol–water partition coefficient (Wildman–Crippen LogP) is 4.25. The number of aromatic nitrogens is 1. The van der Waals surface area contributed by atoms with E-state index in [1.54, 1.807) is 4.57 Å². The zero-order valence-corrected chi connectivity index (χ0v) is 15.3. The van der Waals surface area contributed by atoms with Crippen LogP contribution in [0.2, 0.25) is 18.1 Å². The van der Waals surface area contributed by atoms with Gasteiger partial charge in [0.15, 0.2) is 14.1 Å². The lowest BCUT2D eigenvalue weighted by Crippen LogP contribution is -2.40. The van der Waals surface area contributed by atoms with E-state index >= 15 is 0 Å². The van der Waals surface area contributed by atoms with Crippen LogP contribution in [0.15, 0.2) is 18.3 Å². The fraction of sp³-hybridized carbons (Fsp3) is 0.471. The Bertz CT molecular complexity index is 790. The van der Waals surface area contributed by atoms with Crippen LogP contribution in [0.5, 0.6) is 0 Å². The van der Waals surface area contributed by atoms with Crippen LogP contribution in [-0.4, -0.2) is 18.8 Å². The molecule has 1 aromatic carbocycles. The third kappa shape index (κ3) is 2.70. The Balaban J connectivity index is 1.97. The number of benzene rings is 1. The van der Waals surface area contributed by atoms with Crippen LogP contribution >= 0.6 is 0 Å². The second-order valence-electron chi connectivity index (χ2n) is 7.70. The summed E-state index contributed by atoms with van der Waals surface area (Å²) in [4.78, 5) is 11.8. The summed E-state index contributed by atoms with van der Waals surface area (Å²) in [5, 5.41) is 3.66. The van der Waals surface area contributed by atoms with Crippen LogP contribution in [0.1, 0.15) is 26.3 Å². The summed E-state index contributed by atoms with van der Waals surface area (Å²) in [5.74, 6) is -0.583. The van der Waals surface area contributed by atoms with Gasteiger partial charge in [-0.05, 0) is 30.3 Å². The monoisotopic (exact) mass is 334 g/mol. The quantitative estimate of drug-likeness (QED) is 0.853. The molecule has 6 heteroatoms. The molecule has 0 spiro atoms. The van der Waals surface area contributed by atoms with Crippen LogP contribution < -0.4 is 5.32 Å². The smallest absolute Gasteiger partial charge is 0.244 e. The third-order valence-electron chi connectivity index (χ3n) is 5.04. The number of hydrogen-bond donors (Lipinski definition) is 1. The summed E-state index contributed by atoms with van der Waals surface area (Å²) in [5.41, 5.74) is 1.52. The minimum atomic E-state index is -1.96. The number of carbonyl (C=O) groups excluding carboxylic acids is 1. The Morgan fingerprint density at radius 1 is 1.39 bits per heavy atom. The Labute approximate surface area is 136 Å². The van der Waals surface area contributed by atoms with Crippen molar-refractivity contribution in [3.8, 4) is 0 Å². The van der Waals surface area contributed by atoms with Crippen LogP contribution in [-0.2, 0) is 22.4 Å². The van der Waals surface area contributed by atoms with Gasteiger partial charge in [0.2, 0.25) is 5.91 Å². The largest absolute Gasteiger partial charge is 0.412 e. The molecule has 4 nitrogen and oxygen atoms in total. The molecule has 0 saturated carbocycles. The Kier molecular flexibility index (Phi) is 3.65. The highest BCUT2D eigenvalue weighted by atomic mass is 28.4. The molecule has 1 aromatic heterocycles. The van der Waals surface area contributed by atoms with Gasteiger partial charge in [-0.25, -0.2) is 4.39 Å². The second-order valence-corrected chi connectivity index (χ2v) is 12.5. The molecule has 1 N–H and O–H groups in total. The van der Waals surface area contributed by atoms with Gasteiger partial charge in [-0.2, -0.15) is 0 Å². The molecule has 2 heterocycles. The van der Waals surface area contributed by atoms with Gasteiger partial charge < -0.3 is 14.3 Å². The number of rotatable bonds is 3. The van der Waals surface area contributed by atoms with E-state index in [2.05, 4.69) is 39.2 Å². The molecule has 1 aliphatic rings. The van der Waals surface area contributed by atoms with Crippen molar-refractivity contribution in [3.05, 3.63) is 29.7 Å². The first-order chi connectivity index (χ1) is 10.6. The Morgan fingerprint density at radius 3 is 2.74 bits per heavy atom. The summed E-state index contributed by atoms with van der Waals surface area (Å²) in [7, 11) is -1.96. The summed E-state index contributed by atoms with van der Waals surface area (Å²) in [6.45, 7) is 11.2. The zero-order chi connectivity index (χ0) is 17.0. The molecule has 3 rings (SSSR count). The molecule has 23 heavy (non-hydrogen) atoms. The highest BCUT2D eigenvalue weighted by Crippen LogP contribution is 2.38. The minimum absolute atomic E-state index is 0.0688. The first kappa shape index (κ1) is 16.2. The molecule has 0 aliphatic carbocycles.